The van der Waals surface area contributed by atoms with E-state index in [1.54, 1.807) is 39.7 Å². The predicted octanol–water partition coefficient (Wildman–Crippen LogP) is 3.77. The highest BCUT2D eigenvalue weighted by Crippen LogP contribution is 2.42. The van der Waals surface area contributed by atoms with Crippen LogP contribution < -0.4 is 25.1 Å². The van der Waals surface area contributed by atoms with Gasteiger partial charge in [0, 0.05) is 48.3 Å². The maximum atomic E-state index is 12.6. The molecule has 1 aliphatic rings. The van der Waals surface area contributed by atoms with Crippen molar-refractivity contribution in [2.75, 3.05) is 12.1 Å². The number of hydrogen-bond donors (Lipinski definition) is 3. The molecule has 38 heavy (non-hydrogen) atoms. The van der Waals surface area contributed by atoms with Gasteiger partial charge in [-0.05, 0) is 55.0 Å². The quantitative estimate of drug-likeness (QED) is 0.193. The Hall–Kier alpha value is -4.96. The first-order valence-corrected chi connectivity index (χ1v) is 11.7. The largest absolute Gasteiger partial charge is 0.508 e. The van der Waals surface area contributed by atoms with Crippen molar-refractivity contribution in [1.82, 2.24) is 9.36 Å². The Balaban J connectivity index is 1.37. The number of fused-ring (bicyclic) bond motifs is 1. The number of nitrogens with one attached hydrogen (secondary N) is 1. The number of benzene rings is 3. The average Bonchev–Trinajstić information content (AvgIpc) is 3.46. The van der Waals surface area contributed by atoms with Gasteiger partial charge in [0.2, 0.25) is 6.79 Å². The lowest BCUT2D eigenvalue weighted by Crippen LogP contribution is -2.19. The first-order chi connectivity index (χ1) is 18.3. The summed E-state index contributed by atoms with van der Waals surface area (Å²) in [6, 6.07) is 16.7. The summed E-state index contributed by atoms with van der Waals surface area (Å²) in [6.45, 7) is 1.59. The summed E-state index contributed by atoms with van der Waals surface area (Å²) >= 11 is 0. The molecule has 1 aliphatic heterocycles. The van der Waals surface area contributed by atoms with Crippen LogP contribution in [0.3, 0.4) is 0 Å². The molecule has 0 atom stereocenters. The number of nitrogens with zero attached hydrogens (tertiary/aromatic N) is 2. The number of esters is 1. The lowest BCUT2D eigenvalue weighted by atomic mass is 10.1. The third-order valence-electron chi connectivity index (χ3n) is 6.11. The van der Waals surface area contributed by atoms with E-state index in [1.165, 1.54) is 18.2 Å². The van der Waals surface area contributed by atoms with Crippen LogP contribution in [0.25, 0.3) is 11.8 Å². The molecule has 0 spiro atoms. The highest BCUT2D eigenvalue weighted by atomic mass is 16.7. The van der Waals surface area contributed by atoms with Crippen LogP contribution in [0, 0.1) is 6.92 Å². The number of aliphatic hydroxyl groups excluding tert-OH is 1. The molecule has 0 saturated heterocycles. The Bertz CT molecular complexity index is 1600. The number of ether oxygens (including phenoxy) is 3. The number of phenols is 1. The molecule has 10 heteroatoms. The van der Waals surface area contributed by atoms with Crippen molar-refractivity contribution in [1.29, 1.82) is 0 Å². The smallest absolute Gasteiger partial charge is 0.336 e. The van der Waals surface area contributed by atoms with Gasteiger partial charge in [0.15, 0.2) is 17.2 Å². The fourth-order valence-corrected chi connectivity index (χ4v) is 4.03. The molecule has 3 aromatic carbocycles. The van der Waals surface area contributed by atoms with Gasteiger partial charge in [0.25, 0.3) is 5.56 Å². The standard InChI is InChI=1S/C28H25N3O7/c1-17-11-27(34)31(30(17)2)21-7-5-20(6-8-21)29-22-13-25-26(37-16-36-25)14-24(22)38-28(35)10-4-18-3-9-23(33)19(12-18)15-32/h3-14,29,32-33H,15-16H2,1-2H3. The second-order valence-corrected chi connectivity index (χ2v) is 8.63. The van der Waals surface area contributed by atoms with Crippen LogP contribution in [0.5, 0.6) is 23.0 Å². The van der Waals surface area contributed by atoms with Gasteiger partial charge in [0.05, 0.1) is 18.0 Å². The number of rotatable bonds is 7. The van der Waals surface area contributed by atoms with Crippen molar-refractivity contribution < 1.29 is 29.2 Å². The molecule has 0 unspecified atom stereocenters. The van der Waals surface area contributed by atoms with Gasteiger partial charge in [-0.1, -0.05) is 6.07 Å². The summed E-state index contributed by atoms with van der Waals surface area (Å²) in [6.07, 6.45) is 2.77. The first kappa shape index (κ1) is 24.7. The lowest BCUT2D eigenvalue weighted by Gasteiger charge is -2.14. The lowest BCUT2D eigenvalue weighted by molar-refractivity contribution is -0.128. The van der Waals surface area contributed by atoms with Crippen LogP contribution in [0.2, 0.25) is 0 Å². The molecule has 194 valence electrons. The van der Waals surface area contributed by atoms with Crippen LogP contribution >= 0.6 is 0 Å². The Morgan fingerprint density at radius 3 is 2.50 bits per heavy atom. The zero-order valence-corrected chi connectivity index (χ0v) is 20.7. The van der Waals surface area contributed by atoms with Crippen molar-refractivity contribution >= 4 is 23.4 Å². The Kier molecular flexibility index (Phi) is 6.63. The third kappa shape index (κ3) is 4.97. The Labute approximate surface area is 217 Å². The average molecular weight is 516 g/mol. The van der Waals surface area contributed by atoms with Crippen LogP contribution in [0.15, 0.2) is 71.5 Å². The Morgan fingerprint density at radius 1 is 1.08 bits per heavy atom. The molecule has 5 rings (SSSR count). The van der Waals surface area contributed by atoms with E-state index in [9.17, 15) is 19.8 Å². The molecule has 0 amide bonds. The summed E-state index contributed by atoms with van der Waals surface area (Å²) in [5.41, 5.74) is 3.56. The summed E-state index contributed by atoms with van der Waals surface area (Å²) in [5.74, 6) is 0.513. The summed E-state index contributed by atoms with van der Waals surface area (Å²) in [5, 5.41) is 22.3. The second kappa shape index (κ2) is 10.2. The molecule has 1 aromatic heterocycles. The minimum atomic E-state index is -0.640. The molecule has 4 aromatic rings. The van der Waals surface area contributed by atoms with Gasteiger partial charge >= 0.3 is 5.97 Å². The van der Waals surface area contributed by atoms with Gasteiger partial charge in [0.1, 0.15) is 5.75 Å². The normalized spacial score (nSPS) is 12.2. The first-order valence-electron chi connectivity index (χ1n) is 11.7. The van der Waals surface area contributed by atoms with Crippen molar-refractivity contribution in [3.63, 3.8) is 0 Å². The highest BCUT2D eigenvalue weighted by Gasteiger charge is 2.20. The van der Waals surface area contributed by atoms with E-state index in [0.717, 1.165) is 5.69 Å². The zero-order chi connectivity index (χ0) is 26.8. The monoisotopic (exact) mass is 515 g/mol. The number of aryl methyl sites for hydroxylation is 1. The van der Waals surface area contributed by atoms with Crippen LogP contribution in [-0.4, -0.2) is 32.3 Å². The molecule has 0 aliphatic carbocycles. The molecular weight excluding hydrogens is 490 g/mol. The van der Waals surface area contributed by atoms with Crippen molar-refractivity contribution in [2.24, 2.45) is 7.05 Å². The molecule has 3 N–H and O–H groups in total. The SMILES string of the molecule is Cc1cc(=O)n(-c2ccc(Nc3cc4c(cc3OC(=O)C=Cc3ccc(O)c(CO)c3)OCO4)cc2)n1C. The number of hydrogen-bond acceptors (Lipinski definition) is 8. The fraction of sp³-hybridized carbons (Fsp3) is 0.143. The number of carbonyl (C=O) groups is 1. The number of carbonyl (C=O) groups excluding carboxylic acids is 1. The van der Waals surface area contributed by atoms with Gasteiger partial charge in [-0.25, -0.2) is 9.48 Å². The maximum absolute atomic E-state index is 12.6. The number of anilines is 2. The summed E-state index contributed by atoms with van der Waals surface area (Å²) in [7, 11) is 1.82. The van der Waals surface area contributed by atoms with E-state index < -0.39 is 5.97 Å². The van der Waals surface area contributed by atoms with Crippen molar-refractivity contribution in [3.8, 4) is 28.7 Å². The van der Waals surface area contributed by atoms with Crippen LogP contribution in [-0.2, 0) is 18.4 Å². The Morgan fingerprint density at radius 2 is 1.82 bits per heavy atom. The van der Waals surface area contributed by atoms with Crippen LogP contribution in [0.1, 0.15) is 16.8 Å². The number of aromatic hydroxyl groups is 1. The highest BCUT2D eigenvalue weighted by molar-refractivity contribution is 5.90. The van der Waals surface area contributed by atoms with Gasteiger partial charge in [-0.3, -0.25) is 9.48 Å². The predicted molar refractivity (Wildman–Crippen MR) is 140 cm³/mol. The molecule has 0 bridgehead atoms. The van der Waals surface area contributed by atoms with Gasteiger partial charge in [-0.15, -0.1) is 0 Å². The maximum Gasteiger partial charge on any atom is 0.336 e. The molecule has 2 heterocycles. The van der Waals surface area contributed by atoms with E-state index in [-0.39, 0.29) is 30.5 Å². The molecule has 10 nitrogen and oxygen atoms in total. The van der Waals surface area contributed by atoms with E-state index >= 15 is 0 Å². The zero-order valence-electron chi connectivity index (χ0n) is 20.7. The molecule has 0 radical (unpaired) electrons. The number of aliphatic hydroxyl groups is 1. The third-order valence-corrected chi connectivity index (χ3v) is 6.11. The van der Waals surface area contributed by atoms with Crippen LogP contribution in [0.4, 0.5) is 11.4 Å². The van der Waals surface area contributed by atoms with E-state index in [0.29, 0.717) is 39.7 Å². The van der Waals surface area contributed by atoms with Crippen molar-refractivity contribution in [3.05, 3.63) is 93.9 Å². The topological polar surface area (TPSA) is 124 Å². The number of aromatic nitrogens is 2. The van der Waals surface area contributed by atoms with E-state index in [4.69, 9.17) is 14.2 Å². The van der Waals surface area contributed by atoms with E-state index in [2.05, 4.69) is 5.32 Å². The van der Waals surface area contributed by atoms with E-state index in [1.807, 2.05) is 38.2 Å². The molecular formula is C28H25N3O7. The van der Waals surface area contributed by atoms with Crippen molar-refractivity contribution in [2.45, 2.75) is 13.5 Å². The van der Waals surface area contributed by atoms with Gasteiger partial charge < -0.3 is 29.7 Å². The summed E-state index contributed by atoms with van der Waals surface area (Å²) < 4.78 is 19.9. The fourth-order valence-electron chi connectivity index (χ4n) is 4.03. The van der Waals surface area contributed by atoms with Gasteiger partial charge in [-0.2, -0.15) is 0 Å². The molecule has 0 saturated carbocycles. The molecule has 0 fully saturated rings. The summed E-state index contributed by atoms with van der Waals surface area (Å²) in [4.78, 5) is 24.9. The second-order valence-electron chi connectivity index (χ2n) is 8.63. The minimum absolute atomic E-state index is 0.0258. The minimum Gasteiger partial charge on any atom is -0.508 e.